The van der Waals surface area contributed by atoms with Crippen LogP contribution in [0.1, 0.15) is 37.3 Å². The normalized spacial score (nSPS) is 14.9. The van der Waals surface area contributed by atoms with Crippen LogP contribution in [0, 0.1) is 11.6 Å². The first kappa shape index (κ1) is 16.7. The monoisotopic (exact) mass is 360 g/mol. The summed E-state index contributed by atoms with van der Waals surface area (Å²) in [6, 6.07) is 2.31. The van der Waals surface area contributed by atoms with Gasteiger partial charge in [-0.15, -0.1) is 0 Å². The van der Waals surface area contributed by atoms with Gasteiger partial charge in [-0.3, -0.25) is 0 Å². The topological polar surface area (TPSA) is 61.5 Å². The van der Waals surface area contributed by atoms with Crippen molar-refractivity contribution in [3.63, 3.8) is 0 Å². The molecule has 0 radical (unpaired) electrons. The first-order valence-electron chi connectivity index (χ1n) is 8.45. The van der Waals surface area contributed by atoms with Crippen LogP contribution >= 0.6 is 0 Å². The van der Waals surface area contributed by atoms with Gasteiger partial charge in [-0.2, -0.15) is 15.1 Å². The summed E-state index contributed by atoms with van der Waals surface area (Å²) in [7, 11) is 2.79. The Morgan fingerprint density at radius 1 is 1.04 bits per heavy atom. The molecule has 1 aliphatic carbocycles. The van der Waals surface area contributed by atoms with Gasteiger partial charge in [0.25, 0.3) is 5.78 Å². The highest BCUT2D eigenvalue weighted by Crippen LogP contribution is 2.44. The van der Waals surface area contributed by atoms with Crippen molar-refractivity contribution in [1.82, 2.24) is 19.6 Å². The highest BCUT2D eigenvalue weighted by molar-refractivity contribution is 5.75. The van der Waals surface area contributed by atoms with Gasteiger partial charge < -0.3 is 9.47 Å². The van der Waals surface area contributed by atoms with Crippen molar-refractivity contribution in [2.75, 3.05) is 14.2 Å². The summed E-state index contributed by atoms with van der Waals surface area (Å²) in [6.45, 7) is 0. The van der Waals surface area contributed by atoms with E-state index in [4.69, 9.17) is 9.47 Å². The molecule has 0 bridgehead atoms. The van der Waals surface area contributed by atoms with E-state index in [2.05, 4.69) is 15.1 Å². The number of aromatic nitrogens is 4. The van der Waals surface area contributed by atoms with E-state index in [1.165, 1.54) is 20.5 Å². The van der Waals surface area contributed by atoms with E-state index in [0.717, 1.165) is 37.8 Å². The highest BCUT2D eigenvalue weighted by atomic mass is 19.1. The molecular weight excluding hydrogens is 342 g/mol. The summed E-state index contributed by atoms with van der Waals surface area (Å²) in [4.78, 5) is 8.41. The Morgan fingerprint density at radius 2 is 1.73 bits per heavy atom. The number of halogens is 2. The van der Waals surface area contributed by atoms with Gasteiger partial charge in [0.2, 0.25) is 5.88 Å². The third kappa shape index (κ3) is 2.56. The first-order chi connectivity index (χ1) is 12.6. The van der Waals surface area contributed by atoms with Crippen LogP contribution in [0.5, 0.6) is 11.6 Å². The van der Waals surface area contributed by atoms with Gasteiger partial charge in [0.1, 0.15) is 23.7 Å². The summed E-state index contributed by atoms with van der Waals surface area (Å²) < 4.78 is 41.6. The average Bonchev–Trinajstić information content (AvgIpc) is 3.31. The highest BCUT2D eigenvalue weighted by Gasteiger charge is 2.31. The Labute approximate surface area is 148 Å². The summed E-state index contributed by atoms with van der Waals surface area (Å²) in [6.07, 6.45) is 5.31. The lowest BCUT2D eigenvalue weighted by molar-refractivity contribution is 0.396. The zero-order chi connectivity index (χ0) is 18.3. The van der Waals surface area contributed by atoms with E-state index < -0.39 is 11.6 Å². The lowest BCUT2D eigenvalue weighted by Crippen LogP contribution is -2.11. The molecule has 1 fully saturated rings. The average molecular weight is 360 g/mol. The Kier molecular flexibility index (Phi) is 4.18. The molecule has 0 unspecified atom stereocenters. The van der Waals surface area contributed by atoms with Gasteiger partial charge in [0, 0.05) is 18.1 Å². The van der Waals surface area contributed by atoms with Crippen LogP contribution in [0.15, 0.2) is 18.5 Å². The Hall–Kier alpha value is -2.77. The van der Waals surface area contributed by atoms with E-state index in [1.54, 1.807) is 4.52 Å². The Bertz CT molecular complexity index is 944. The van der Waals surface area contributed by atoms with Crippen molar-refractivity contribution in [2.45, 2.75) is 31.6 Å². The number of nitrogens with zero attached hydrogens (tertiary/aromatic N) is 4. The van der Waals surface area contributed by atoms with Gasteiger partial charge in [-0.25, -0.2) is 13.3 Å². The number of hydrogen-bond acceptors (Lipinski definition) is 5. The zero-order valence-corrected chi connectivity index (χ0v) is 14.5. The molecule has 136 valence electrons. The molecule has 1 aliphatic rings. The van der Waals surface area contributed by atoms with Crippen molar-refractivity contribution >= 4 is 5.78 Å². The third-order valence-electron chi connectivity index (χ3n) is 4.87. The molecular formula is C18H18F2N4O2. The minimum Gasteiger partial charge on any atom is -0.497 e. The first-order valence-corrected chi connectivity index (χ1v) is 8.45. The van der Waals surface area contributed by atoms with E-state index in [-0.39, 0.29) is 28.7 Å². The number of methoxy groups -OCH3 is 2. The van der Waals surface area contributed by atoms with Crippen LogP contribution in [0.25, 0.3) is 16.9 Å². The second-order valence-corrected chi connectivity index (χ2v) is 6.30. The van der Waals surface area contributed by atoms with E-state index in [0.29, 0.717) is 11.5 Å². The van der Waals surface area contributed by atoms with Gasteiger partial charge in [0.05, 0.1) is 31.0 Å². The molecule has 1 aromatic carbocycles. The summed E-state index contributed by atoms with van der Waals surface area (Å²) in [5.74, 6) is -0.773. The van der Waals surface area contributed by atoms with Crippen LogP contribution in [0.3, 0.4) is 0 Å². The maximum absolute atomic E-state index is 14.8. The molecule has 2 aromatic heterocycles. The number of fused-ring (bicyclic) bond motifs is 1. The standard InChI is InChI=1S/C18H18F2N4O2/c1-25-11-7-12(19)14(13(20)8-11)15-16(10-5-3-4-6-10)24-18(21-9-22-24)23-17(15)26-2/h7-10H,3-6H2,1-2H3. The number of hydrogen-bond donors (Lipinski definition) is 0. The third-order valence-corrected chi connectivity index (χ3v) is 4.87. The zero-order valence-electron chi connectivity index (χ0n) is 14.5. The van der Waals surface area contributed by atoms with Crippen LogP contribution in [-0.2, 0) is 0 Å². The molecule has 0 N–H and O–H groups in total. The maximum atomic E-state index is 14.8. The van der Waals surface area contributed by atoms with Crippen LogP contribution < -0.4 is 9.47 Å². The second kappa shape index (κ2) is 6.51. The molecule has 2 heterocycles. The predicted molar refractivity (Wildman–Crippen MR) is 90.4 cm³/mol. The van der Waals surface area contributed by atoms with Crippen molar-refractivity contribution in [1.29, 1.82) is 0 Å². The molecule has 4 rings (SSSR count). The predicted octanol–water partition coefficient (Wildman–Crippen LogP) is 3.74. The lowest BCUT2D eigenvalue weighted by Gasteiger charge is -2.19. The largest absolute Gasteiger partial charge is 0.497 e. The van der Waals surface area contributed by atoms with Crippen molar-refractivity contribution < 1.29 is 18.3 Å². The van der Waals surface area contributed by atoms with Crippen molar-refractivity contribution in [3.05, 3.63) is 35.8 Å². The number of rotatable bonds is 4. The maximum Gasteiger partial charge on any atom is 0.255 e. The van der Waals surface area contributed by atoms with Gasteiger partial charge in [-0.05, 0) is 12.8 Å². The molecule has 3 aromatic rings. The van der Waals surface area contributed by atoms with Gasteiger partial charge in [-0.1, -0.05) is 12.8 Å². The molecule has 0 atom stereocenters. The molecule has 8 heteroatoms. The number of ether oxygens (including phenoxy) is 2. The van der Waals surface area contributed by atoms with Gasteiger partial charge >= 0.3 is 0 Å². The SMILES string of the molecule is COc1cc(F)c(-c2c(OC)nc3ncnn3c2C2CCCC2)c(F)c1. The molecule has 0 aliphatic heterocycles. The molecule has 1 saturated carbocycles. The second-order valence-electron chi connectivity index (χ2n) is 6.30. The number of benzene rings is 1. The Balaban J connectivity index is 2.07. The van der Waals surface area contributed by atoms with Gasteiger partial charge in [0.15, 0.2) is 0 Å². The molecule has 0 spiro atoms. The van der Waals surface area contributed by atoms with E-state index in [1.807, 2.05) is 0 Å². The van der Waals surface area contributed by atoms with Crippen molar-refractivity contribution in [3.8, 4) is 22.8 Å². The molecule has 26 heavy (non-hydrogen) atoms. The van der Waals surface area contributed by atoms with Crippen LogP contribution in [0.2, 0.25) is 0 Å². The summed E-state index contributed by atoms with van der Waals surface area (Å²) in [5, 5.41) is 4.24. The summed E-state index contributed by atoms with van der Waals surface area (Å²) in [5.41, 5.74) is 0.786. The smallest absolute Gasteiger partial charge is 0.255 e. The lowest BCUT2D eigenvalue weighted by atomic mass is 9.94. The summed E-state index contributed by atoms with van der Waals surface area (Å²) >= 11 is 0. The molecule has 0 saturated heterocycles. The van der Waals surface area contributed by atoms with Crippen LogP contribution in [-0.4, -0.2) is 33.8 Å². The molecule has 0 amide bonds. The fourth-order valence-electron chi connectivity index (χ4n) is 3.71. The minimum absolute atomic E-state index is 0.104. The van der Waals surface area contributed by atoms with Crippen LogP contribution in [0.4, 0.5) is 8.78 Å². The van der Waals surface area contributed by atoms with Crippen molar-refractivity contribution in [2.24, 2.45) is 0 Å². The van der Waals surface area contributed by atoms with E-state index >= 15 is 0 Å². The Morgan fingerprint density at radius 3 is 2.35 bits per heavy atom. The fraction of sp³-hybridized carbons (Fsp3) is 0.389. The fourth-order valence-corrected chi connectivity index (χ4v) is 3.71. The minimum atomic E-state index is -0.735. The quantitative estimate of drug-likeness (QED) is 0.709. The van der Waals surface area contributed by atoms with E-state index in [9.17, 15) is 8.78 Å². The molecule has 6 nitrogen and oxygen atoms in total.